The van der Waals surface area contributed by atoms with Gasteiger partial charge in [0, 0.05) is 29.4 Å². The van der Waals surface area contributed by atoms with Crippen molar-refractivity contribution in [3.8, 4) is 0 Å². The Labute approximate surface area is 114 Å². The van der Waals surface area contributed by atoms with Crippen molar-refractivity contribution >= 4 is 23.1 Å². The van der Waals surface area contributed by atoms with Gasteiger partial charge in [-0.05, 0) is 30.5 Å². The van der Waals surface area contributed by atoms with E-state index in [0.717, 1.165) is 11.6 Å². The molecule has 2 aliphatic rings. The zero-order valence-corrected chi connectivity index (χ0v) is 11.7. The maximum absolute atomic E-state index is 5.93. The Morgan fingerprint density at radius 2 is 2.11 bits per heavy atom. The van der Waals surface area contributed by atoms with Crippen LogP contribution in [-0.2, 0) is 0 Å². The van der Waals surface area contributed by atoms with Gasteiger partial charge in [0.05, 0.1) is 5.69 Å². The van der Waals surface area contributed by atoms with Crippen molar-refractivity contribution in [2.24, 2.45) is 5.92 Å². The highest BCUT2D eigenvalue weighted by atomic mass is 32.2. The van der Waals surface area contributed by atoms with Gasteiger partial charge in [-0.1, -0.05) is 25.7 Å². The molecule has 3 heteroatoms. The molecule has 0 unspecified atom stereocenters. The first-order chi connectivity index (χ1) is 8.83. The van der Waals surface area contributed by atoms with Crippen LogP contribution in [0.25, 0.3) is 0 Å². The maximum atomic E-state index is 5.93. The number of hydrogen-bond acceptors (Lipinski definition) is 3. The topological polar surface area (TPSA) is 29.3 Å². The highest BCUT2D eigenvalue weighted by Gasteiger charge is 2.20. The molecule has 1 heterocycles. The minimum absolute atomic E-state index is 0.891. The highest BCUT2D eigenvalue weighted by molar-refractivity contribution is 7.99. The predicted molar refractivity (Wildman–Crippen MR) is 80.4 cm³/mol. The lowest BCUT2D eigenvalue weighted by Crippen LogP contribution is -2.31. The molecule has 0 radical (unpaired) electrons. The lowest BCUT2D eigenvalue weighted by atomic mass is 10.0. The van der Waals surface area contributed by atoms with E-state index in [2.05, 4.69) is 17.0 Å². The number of rotatable bonds is 3. The average molecular weight is 262 g/mol. The summed E-state index contributed by atoms with van der Waals surface area (Å²) in [7, 11) is 0. The maximum Gasteiger partial charge on any atom is 0.0525 e. The summed E-state index contributed by atoms with van der Waals surface area (Å²) in [5, 5.41) is 0. The molecule has 1 aliphatic heterocycles. The summed E-state index contributed by atoms with van der Waals surface area (Å²) in [5.74, 6) is 2.19. The van der Waals surface area contributed by atoms with Gasteiger partial charge in [-0.3, -0.25) is 0 Å². The number of hydrogen-bond donors (Lipinski definition) is 1. The fourth-order valence-electron chi connectivity index (χ4n) is 3.16. The van der Waals surface area contributed by atoms with E-state index in [9.17, 15) is 0 Å². The van der Waals surface area contributed by atoms with Crippen LogP contribution in [0.15, 0.2) is 23.1 Å². The Morgan fingerprint density at radius 3 is 2.94 bits per heavy atom. The minimum atomic E-state index is 0.891. The van der Waals surface area contributed by atoms with E-state index in [0.29, 0.717) is 0 Å². The molecule has 98 valence electrons. The predicted octanol–water partition coefficient (Wildman–Crippen LogP) is 3.76. The molecule has 1 aromatic rings. The van der Waals surface area contributed by atoms with Gasteiger partial charge in [0.1, 0.15) is 0 Å². The number of benzene rings is 1. The average Bonchev–Trinajstić information content (AvgIpc) is 2.89. The zero-order chi connectivity index (χ0) is 12.4. The molecule has 0 spiro atoms. The fourth-order valence-corrected chi connectivity index (χ4v) is 4.19. The number of anilines is 2. The summed E-state index contributed by atoms with van der Waals surface area (Å²) >= 11 is 1.96. The molecule has 0 saturated heterocycles. The van der Waals surface area contributed by atoms with Crippen molar-refractivity contribution in [3.63, 3.8) is 0 Å². The third-order valence-corrected chi connectivity index (χ3v) is 5.27. The van der Waals surface area contributed by atoms with Crippen LogP contribution >= 0.6 is 11.8 Å². The summed E-state index contributed by atoms with van der Waals surface area (Å²) in [4.78, 5) is 3.95. The quantitative estimate of drug-likeness (QED) is 0.841. The number of nitrogen functional groups attached to an aromatic ring is 1. The van der Waals surface area contributed by atoms with Gasteiger partial charge in [-0.25, -0.2) is 0 Å². The van der Waals surface area contributed by atoms with Crippen LogP contribution in [0.2, 0.25) is 0 Å². The van der Waals surface area contributed by atoms with E-state index in [1.54, 1.807) is 0 Å². The number of thioether (sulfide) groups is 1. The van der Waals surface area contributed by atoms with E-state index < -0.39 is 0 Å². The first-order valence-electron chi connectivity index (χ1n) is 7.10. The van der Waals surface area contributed by atoms with Gasteiger partial charge < -0.3 is 10.6 Å². The molecule has 0 aromatic heterocycles. The van der Waals surface area contributed by atoms with E-state index in [1.807, 2.05) is 17.8 Å². The molecule has 2 N–H and O–H groups in total. The van der Waals surface area contributed by atoms with Crippen LogP contribution < -0.4 is 10.6 Å². The molecule has 1 fully saturated rings. The van der Waals surface area contributed by atoms with Gasteiger partial charge in [-0.15, -0.1) is 11.8 Å². The van der Waals surface area contributed by atoms with E-state index in [4.69, 9.17) is 5.73 Å². The fraction of sp³-hybridized carbons (Fsp3) is 0.600. The zero-order valence-electron chi connectivity index (χ0n) is 10.9. The minimum Gasteiger partial charge on any atom is -0.399 e. The van der Waals surface area contributed by atoms with Gasteiger partial charge in [-0.2, -0.15) is 0 Å². The molecule has 1 aromatic carbocycles. The molecule has 0 amide bonds. The highest BCUT2D eigenvalue weighted by Crippen LogP contribution is 2.37. The van der Waals surface area contributed by atoms with Gasteiger partial charge in [0.2, 0.25) is 0 Å². The molecule has 0 bridgehead atoms. The van der Waals surface area contributed by atoms with E-state index in [-0.39, 0.29) is 0 Å². The lowest BCUT2D eigenvalue weighted by molar-refractivity contribution is 0.500. The third-order valence-electron chi connectivity index (χ3n) is 4.22. The van der Waals surface area contributed by atoms with Gasteiger partial charge in [0.15, 0.2) is 0 Å². The second kappa shape index (κ2) is 5.43. The molecule has 2 nitrogen and oxygen atoms in total. The molecular weight excluding hydrogens is 240 g/mol. The lowest BCUT2D eigenvalue weighted by Gasteiger charge is -2.32. The Bertz CT molecular complexity index is 413. The standard InChI is InChI=1S/C15H22N2S/c16-13-5-6-15-14(11-13)17(9-10-18-15)8-7-12-3-1-2-4-12/h5-6,11-12H,1-4,7-10,16H2. The second-order valence-electron chi connectivity index (χ2n) is 5.50. The van der Waals surface area contributed by atoms with Crippen molar-refractivity contribution in [1.29, 1.82) is 0 Å². The first-order valence-corrected chi connectivity index (χ1v) is 8.09. The van der Waals surface area contributed by atoms with Gasteiger partial charge in [0.25, 0.3) is 0 Å². The van der Waals surface area contributed by atoms with Crippen molar-refractivity contribution in [3.05, 3.63) is 18.2 Å². The largest absolute Gasteiger partial charge is 0.399 e. The molecule has 1 aliphatic carbocycles. The van der Waals surface area contributed by atoms with Crippen LogP contribution in [0.3, 0.4) is 0 Å². The van der Waals surface area contributed by atoms with E-state index >= 15 is 0 Å². The van der Waals surface area contributed by atoms with Crippen LogP contribution in [0.4, 0.5) is 11.4 Å². The summed E-state index contributed by atoms with van der Waals surface area (Å²) in [6.07, 6.45) is 7.16. The number of fused-ring (bicyclic) bond motifs is 1. The molecule has 3 rings (SSSR count). The van der Waals surface area contributed by atoms with Crippen LogP contribution in [0, 0.1) is 5.92 Å². The smallest absolute Gasteiger partial charge is 0.0525 e. The summed E-state index contributed by atoms with van der Waals surface area (Å²) in [6, 6.07) is 6.35. The Kier molecular flexibility index (Phi) is 3.69. The molecule has 1 saturated carbocycles. The second-order valence-corrected chi connectivity index (χ2v) is 6.64. The van der Waals surface area contributed by atoms with Crippen molar-refractivity contribution in [2.45, 2.75) is 37.0 Å². The molecular formula is C15H22N2S. The monoisotopic (exact) mass is 262 g/mol. The van der Waals surface area contributed by atoms with Crippen molar-refractivity contribution in [1.82, 2.24) is 0 Å². The first kappa shape index (κ1) is 12.2. The van der Waals surface area contributed by atoms with Crippen LogP contribution in [0.1, 0.15) is 32.1 Å². The van der Waals surface area contributed by atoms with Crippen LogP contribution in [0.5, 0.6) is 0 Å². The third kappa shape index (κ3) is 2.61. The number of nitrogens with zero attached hydrogens (tertiary/aromatic N) is 1. The van der Waals surface area contributed by atoms with Crippen molar-refractivity contribution < 1.29 is 0 Å². The Morgan fingerprint density at radius 1 is 1.28 bits per heavy atom. The van der Waals surface area contributed by atoms with Crippen molar-refractivity contribution in [2.75, 3.05) is 29.5 Å². The molecule has 18 heavy (non-hydrogen) atoms. The van der Waals surface area contributed by atoms with Crippen LogP contribution in [-0.4, -0.2) is 18.8 Å². The normalized spacial score (nSPS) is 20.1. The number of nitrogens with two attached hydrogens (primary N) is 1. The SMILES string of the molecule is Nc1ccc2c(c1)N(CCC1CCCC1)CCS2. The summed E-state index contributed by atoms with van der Waals surface area (Å²) < 4.78 is 0. The van der Waals surface area contributed by atoms with Gasteiger partial charge >= 0.3 is 0 Å². The van der Waals surface area contributed by atoms with E-state index in [1.165, 1.54) is 61.5 Å². The summed E-state index contributed by atoms with van der Waals surface area (Å²) in [6.45, 7) is 2.38. The molecule has 0 atom stereocenters. The Hall–Kier alpha value is -0.830. The Balaban J connectivity index is 1.68. The summed E-state index contributed by atoms with van der Waals surface area (Å²) in [5.41, 5.74) is 8.18.